The second kappa shape index (κ2) is 6.43. The first-order valence-electron chi connectivity index (χ1n) is 6.92. The Bertz CT molecular complexity index is 750. The van der Waals surface area contributed by atoms with Gasteiger partial charge in [-0.15, -0.1) is 5.10 Å². The normalized spacial score (nSPS) is 10.7. The van der Waals surface area contributed by atoms with Crippen molar-refractivity contribution in [3.63, 3.8) is 0 Å². The van der Waals surface area contributed by atoms with E-state index in [1.807, 2.05) is 37.0 Å². The lowest BCUT2D eigenvalue weighted by Crippen LogP contribution is -2.08. The van der Waals surface area contributed by atoms with Gasteiger partial charge in [-0.1, -0.05) is 23.4 Å². The molecule has 0 saturated carbocycles. The summed E-state index contributed by atoms with van der Waals surface area (Å²) in [7, 11) is 4.06. The highest BCUT2D eigenvalue weighted by Crippen LogP contribution is 2.25. The third kappa shape index (κ3) is 3.11. The van der Waals surface area contributed by atoms with Gasteiger partial charge in [0.1, 0.15) is 9.39 Å². The summed E-state index contributed by atoms with van der Waals surface area (Å²) in [5.41, 5.74) is 4.11. The zero-order valence-corrected chi connectivity index (χ0v) is 14.6. The lowest BCUT2D eigenvalue weighted by molar-refractivity contribution is 0.626. The summed E-state index contributed by atoms with van der Waals surface area (Å²) in [5, 5.41) is 8.57. The van der Waals surface area contributed by atoms with E-state index in [0.717, 1.165) is 20.7 Å². The van der Waals surface area contributed by atoms with E-state index in [1.54, 1.807) is 6.20 Å². The molecule has 0 N–H and O–H groups in total. The second-order valence-electron chi connectivity index (χ2n) is 5.15. The summed E-state index contributed by atoms with van der Waals surface area (Å²) in [4.78, 5) is 6.41. The van der Waals surface area contributed by atoms with Crippen LogP contribution in [0.5, 0.6) is 0 Å². The first-order valence-corrected chi connectivity index (χ1v) is 7.99. The Morgan fingerprint density at radius 1 is 1.09 bits per heavy atom. The van der Waals surface area contributed by atoms with Crippen LogP contribution in [0.15, 0.2) is 48.7 Å². The van der Waals surface area contributed by atoms with Gasteiger partial charge in [-0.2, -0.15) is 0 Å². The molecule has 3 rings (SSSR count). The Morgan fingerprint density at radius 3 is 2.50 bits per heavy atom. The van der Waals surface area contributed by atoms with Gasteiger partial charge in [0, 0.05) is 31.5 Å². The standard InChI is InChI=1S/C16H16IN5/c1-21(2)14-8-6-12(7-9-14)15-16(17)22(20-19-15)11-13-5-3-4-10-18-13/h3-10H,11H2,1-2H3. The van der Waals surface area contributed by atoms with Gasteiger partial charge in [0.2, 0.25) is 0 Å². The van der Waals surface area contributed by atoms with Crippen LogP contribution >= 0.6 is 22.6 Å². The Labute approximate surface area is 143 Å². The zero-order chi connectivity index (χ0) is 15.5. The van der Waals surface area contributed by atoms with E-state index in [9.17, 15) is 0 Å². The van der Waals surface area contributed by atoms with E-state index in [1.165, 1.54) is 5.69 Å². The smallest absolute Gasteiger partial charge is 0.128 e. The summed E-state index contributed by atoms with van der Waals surface area (Å²) in [6.45, 7) is 0.627. The number of hydrogen-bond donors (Lipinski definition) is 0. The Balaban J connectivity index is 1.87. The molecule has 0 amide bonds. The van der Waals surface area contributed by atoms with Gasteiger partial charge in [-0.05, 0) is 46.9 Å². The highest BCUT2D eigenvalue weighted by molar-refractivity contribution is 14.1. The molecule has 0 saturated heterocycles. The zero-order valence-electron chi connectivity index (χ0n) is 12.4. The van der Waals surface area contributed by atoms with Gasteiger partial charge in [0.15, 0.2) is 0 Å². The Hall–Kier alpha value is -1.96. The summed E-state index contributed by atoms with van der Waals surface area (Å²) in [6.07, 6.45) is 1.79. The van der Waals surface area contributed by atoms with E-state index < -0.39 is 0 Å². The van der Waals surface area contributed by atoms with E-state index in [-0.39, 0.29) is 0 Å². The van der Waals surface area contributed by atoms with Gasteiger partial charge in [-0.25, -0.2) is 4.68 Å². The van der Waals surface area contributed by atoms with E-state index in [2.05, 4.69) is 67.1 Å². The van der Waals surface area contributed by atoms with Gasteiger partial charge in [0.25, 0.3) is 0 Å². The average molecular weight is 405 g/mol. The molecule has 0 aliphatic rings. The highest BCUT2D eigenvalue weighted by atomic mass is 127. The fraction of sp³-hybridized carbons (Fsp3) is 0.188. The molecule has 5 nitrogen and oxygen atoms in total. The van der Waals surface area contributed by atoms with Crippen molar-refractivity contribution in [2.24, 2.45) is 0 Å². The van der Waals surface area contributed by atoms with Crippen LogP contribution in [0.4, 0.5) is 5.69 Å². The lowest BCUT2D eigenvalue weighted by atomic mass is 10.1. The summed E-state index contributed by atoms with van der Waals surface area (Å²) >= 11 is 2.29. The van der Waals surface area contributed by atoms with E-state index in [4.69, 9.17) is 0 Å². The topological polar surface area (TPSA) is 46.8 Å². The maximum absolute atomic E-state index is 4.33. The Morgan fingerprint density at radius 2 is 1.86 bits per heavy atom. The third-order valence-corrected chi connectivity index (χ3v) is 4.44. The molecule has 0 unspecified atom stereocenters. The number of pyridine rings is 1. The molecule has 22 heavy (non-hydrogen) atoms. The molecule has 1 aromatic carbocycles. The van der Waals surface area contributed by atoms with Crippen molar-refractivity contribution in [3.8, 4) is 11.3 Å². The van der Waals surface area contributed by atoms with Crippen LogP contribution in [0.2, 0.25) is 0 Å². The fourth-order valence-electron chi connectivity index (χ4n) is 2.14. The molecule has 0 spiro atoms. The highest BCUT2D eigenvalue weighted by Gasteiger charge is 2.12. The summed E-state index contributed by atoms with van der Waals surface area (Å²) < 4.78 is 2.89. The largest absolute Gasteiger partial charge is 0.378 e. The molecular formula is C16H16IN5. The molecule has 0 bridgehead atoms. The number of benzene rings is 1. The minimum atomic E-state index is 0.627. The van der Waals surface area contributed by atoms with E-state index in [0.29, 0.717) is 6.54 Å². The minimum Gasteiger partial charge on any atom is -0.378 e. The SMILES string of the molecule is CN(C)c1ccc(-c2nnn(Cc3ccccn3)c2I)cc1. The van der Waals surface area contributed by atoms with Crippen molar-refractivity contribution < 1.29 is 0 Å². The predicted octanol–water partition coefficient (Wildman–Crippen LogP) is 3.06. The third-order valence-electron chi connectivity index (χ3n) is 3.37. The maximum Gasteiger partial charge on any atom is 0.128 e. The van der Waals surface area contributed by atoms with E-state index >= 15 is 0 Å². The van der Waals surface area contributed by atoms with Gasteiger partial charge >= 0.3 is 0 Å². The number of hydrogen-bond acceptors (Lipinski definition) is 4. The van der Waals surface area contributed by atoms with Gasteiger partial charge < -0.3 is 4.90 Å². The molecule has 0 aliphatic heterocycles. The molecule has 0 atom stereocenters. The minimum absolute atomic E-state index is 0.627. The molecule has 0 aliphatic carbocycles. The summed E-state index contributed by atoms with van der Waals surface area (Å²) in [6, 6.07) is 14.2. The Kier molecular flexibility index (Phi) is 4.37. The number of rotatable bonds is 4. The van der Waals surface area contributed by atoms with Crippen molar-refractivity contribution in [1.82, 2.24) is 20.0 Å². The van der Waals surface area contributed by atoms with Crippen LogP contribution < -0.4 is 4.90 Å². The van der Waals surface area contributed by atoms with Crippen molar-refractivity contribution in [3.05, 3.63) is 58.1 Å². The first-order chi connectivity index (χ1) is 10.6. The van der Waals surface area contributed by atoms with Crippen LogP contribution in [0.3, 0.4) is 0 Å². The summed E-state index contributed by atoms with van der Waals surface area (Å²) in [5.74, 6) is 0. The average Bonchev–Trinajstić information content (AvgIpc) is 2.89. The maximum atomic E-state index is 4.33. The molecule has 0 fully saturated rings. The molecule has 2 aromatic heterocycles. The monoisotopic (exact) mass is 405 g/mol. The molecular weight excluding hydrogens is 389 g/mol. The van der Waals surface area contributed by atoms with Crippen LogP contribution in [0, 0.1) is 3.70 Å². The fourth-order valence-corrected chi connectivity index (χ4v) is 2.83. The number of aromatic nitrogens is 4. The molecule has 112 valence electrons. The van der Waals surface area contributed by atoms with Crippen LogP contribution in [-0.4, -0.2) is 34.1 Å². The molecule has 3 aromatic rings. The molecule has 6 heteroatoms. The van der Waals surface area contributed by atoms with Crippen LogP contribution in [0.1, 0.15) is 5.69 Å². The predicted molar refractivity (Wildman–Crippen MR) is 95.8 cm³/mol. The molecule has 2 heterocycles. The molecule has 0 radical (unpaired) electrons. The van der Waals surface area contributed by atoms with Crippen molar-refractivity contribution >= 4 is 28.3 Å². The van der Waals surface area contributed by atoms with Crippen molar-refractivity contribution in [1.29, 1.82) is 0 Å². The van der Waals surface area contributed by atoms with Crippen LogP contribution in [0.25, 0.3) is 11.3 Å². The number of anilines is 1. The first kappa shape index (κ1) is 15.0. The lowest BCUT2D eigenvalue weighted by Gasteiger charge is -2.12. The van der Waals surface area contributed by atoms with Gasteiger partial charge in [0.05, 0.1) is 12.2 Å². The second-order valence-corrected chi connectivity index (χ2v) is 6.17. The number of halogens is 1. The quantitative estimate of drug-likeness (QED) is 0.627. The van der Waals surface area contributed by atoms with Gasteiger partial charge in [-0.3, -0.25) is 4.98 Å². The van der Waals surface area contributed by atoms with Crippen LogP contribution in [-0.2, 0) is 6.54 Å². The van der Waals surface area contributed by atoms with Crippen molar-refractivity contribution in [2.45, 2.75) is 6.54 Å². The van der Waals surface area contributed by atoms with Crippen molar-refractivity contribution in [2.75, 3.05) is 19.0 Å². The number of nitrogens with zero attached hydrogens (tertiary/aromatic N) is 5.